The topological polar surface area (TPSA) is 9.23 Å². The number of rotatable bonds is 4. The standard InChI is InChI=1S/C7H13BrF2O/c1-6(2,4-8)11-5-7(3,9)10/h4-5H2,1-3H3. The van der Waals surface area contributed by atoms with Gasteiger partial charge in [0.05, 0.1) is 5.60 Å². The number of hydrogen-bond acceptors (Lipinski definition) is 1. The van der Waals surface area contributed by atoms with Gasteiger partial charge in [-0.25, -0.2) is 8.78 Å². The van der Waals surface area contributed by atoms with Gasteiger partial charge in [-0.1, -0.05) is 15.9 Å². The van der Waals surface area contributed by atoms with Crippen LogP contribution in [0, 0.1) is 0 Å². The normalized spacial score (nSPS) is 13.6. The smallest absolute Gasteiger partial charge is 0.268 e. The quantitative estimate of drug-likeness (QED) is 0.676. The van der Waals surface area contributed by atoms with Crippen molar-refractivity contribution in [2.24, 2.45) is 0 Å². The molecule has 0 aromatic heterocycles. The van der Waals surface area contributed by atoms with Crippen molar-refractivity contribution in [3.8, 4) is 0 Å². The van der Waals surface area contributed by atoms with Crippen molar-refractivity contribution in [2.45, 2.75) is 32.3 Å². The van der Waals surface area contributed by atoms with Gasteiger partial charge in [0, 0.05) is 12.3 Å². The van der Waals surface area contributed by atoms with E-state index in [-0.39, 0.29) is 0 Å². The van der Waals surface area contributed by atoms with Crippen LogP contribution in [0.3, 0.4) is 0 Å². The Morgan fingerprint density at radius 3 is 2.00 bits per heavy atom. The second-order valence-electron chi connectivity index (χ2n) is 3.25. The molecular formula is C7H13BrF2O. The third kappa shape index (κ3) is 6.69. The highest BCUT2D eigenvalue weighted by molar-refractivity contribution is 9.09. The van der Waals surface area contributed by atoms with Gasteiger partial charge >= 0.3 is 0 Å². The molecule has 0 bridgehead atoms. The molecule has 0 unspecified atom stereocenters. The van der Waals surface area contributed by atoms with Crippen LogP contribution in [0.25, 0.3) is 0 Å². The maximum Gasteiger partial charge on any atom is 0.268 e. The highest BCUT2D eigenvalue weighted by Crippen LogP contribution is 2.18. The number of alkyl halides is 3. The SMILES string of the molecule is CC(F)(F)COC(C)(C)CBr. The van der Waals surface area contributed by atoms with Crippen molar-refractivity contribution in [1.29, 1.82) is 0 Å². The van der Waals surface area contributed by atoms with Crippen molar-refractivity contribution in [2.75, 3.05) is 11.9 Å². The average Bonchev–Trinajstić information content (AvgIpc) is 1.83. The summed E-state index contributed by atoms with van der Waals surface area (Å²) in [5, 5.41) is 0.552. The summed E-state index contributed by atoms with van der Waals surface area (Å²) < 4.78 is 29.4. The first kappa shape index (κ1) is 11.3. The van der Waals surface area contributed by atoms with E-state index < -0.39 is 18.1 Å². The zero-order valence-electron chi connectivity index (χ0n) is 6.96. The first-order valence-corrected chi connectivity index (χ1v) is 4.47. The summed E-state index contributed by atoms with van der Waals surface area (Å²) in [5.41, 5.74) is -0.514. The summed E-state index contributed by atoms with van der Waals surface area (Å²) in [6, 6.07) is 0. The highest BCUT2D eigenvalue weighted by Gasteiger charge is 2.26. The van der Waals surface area contributed by atoms with E-state index in [9.17, 15) is 8.78 Å². The second kappa shape index (κ2) is 3.81. The fraction of sp³-hybridized carbons (Fsp3) is 1.00. The van der Waals surface area contributed by atoms with Crippen molar-refractivity contribution in [3.05, 3.63) is 0 Å². The Bertz CT molecular complexity index is 120. The van der Waals surface area contributed by atoms with Gasteiger partial charge in [-0.3, -0.25) is 0 Å². The van der Waals surface area contributed by atoms with Gasteiger partial charge in [-0.05, 0) is 13.8 Å². The molecule has 0 radical (unpaired) electrons. The van der Waals surface area contributed by atoms with E-state index in [0.29, 0.717) is 5.33 Å². The minimum atomic E-state index is -2.74. The Morgan fingerprint density at radius 2 is 1.73 bits per heavy atom. The molecule has 0 aliphatic rings. The number of halogens is 3. The molecule has 0 saturated heterocycles. The number of hydrogen-bond donors (Lipinski definition) is 0. The Labute approximate surface area is 74.2 Å². The minimum Gasteiger partial charge on any atom is -0.368 e. The third-order valence-electron chi connectivity index (χ3n) is 1.04. The van der Waals surface area contributed by atoms with Gasteiger partial charge in [0.15, 0.2) is 0 Å². The predicted molar refractivity (Wildman–Crippen MR) is 44.4 cm³/mol. The molecule has 0 aromatic carbocycles. The van der Waals surface area contributed by atoms with Crippen molar-refractivity contribution < 1.29 is 13.5 Å². The predicted octanol–water partition coefficient (Wildman–Crippen LogP) is 2.83. The van der Waals surface area contributed by atoms with E-state index in [1.165, 1.54) is 0 Å². The lowest BCUT2D eigenvalue weighted by Crippen LogP contribution is -2.32. The average molecular weight is 231 g/mol. The van der Waals surface area contributed by atoms with E-state index in [1.807, 2.05) is 0 Å². The zero-order valence-corrected chi connectivity index (χ0v) is 8.54. The monoisotopic (exact) mass is 230 g/mol. The van der Waals surface area contributed by atoms with E-state index in [2.05, 4.69) is 15.9 Å². The van der Waals surface area contributed by atoms with Crippen LogP contribution in [0.2, 0.25) is 0 Å². The van der Waals surface area contributed by atoms with Crippen LogP contribution in [0.1, 0.15) is 20.8 Å². The maximum atomic E-state index is 12.2. The second-order valence-corrected chi connectivity index (χ2v) is 3.81. The summed E-state index contributed by atoms with van der Waals surface area (Å²) in [4.78, 5) is 0. The molecule has 11 heavy (non-hydrogen) atoms. The third-order valence-corrected chi connectivity index (χ3v) is 2.39. The molecule has 0 saturated carbocycles. The van der Waals surface area contributed by atoms with Crippen LogP contribution < -0.4 is 0 Å². The summed E-state index contributed by atoms with van der Waals surface area (Å²) >= 11 is 3.17. The molecule has 68 valence electrons. The molecule has 0 aliphatic carbocycles. The lowest BCUT2D eigenvalue weighted by atomic mass is 10.2. The molecule has 0 N–H and O–H groups in total. The molecular weight excluding hydrogens is 218 g/mol. The molecule has 0 aromatic rings. The summed E-state index contributed by atoms with van der Waals surface area (Å²) in [6.45, 7) is 3.84. The Kier molecular flexibility index (Phi) is 3.91. The lowest BCUT2D eigenvalue weighted by molar-refractivity contribution is -0.109. The van der Waals surface area contributed by atoms with E-state index in [1.54, 1.807) is 13.8 Å². The zero-order chi connectivity index (χ0) is 9.12. The summed E-state index contributed by atoms with van der Waals surface area (Å²) in [7, 11) is 0. The van der Waals surface area contributed by atoms with E-state index in [0.717, 1.165) is 6.92 Å². The van der Waals surface area contributed by atoms with Gasteiger partial charge in [0.1, 0.15) is 6.61 Å². The van der Waals surface area contributed by atoms with Crippen LogP contribution in [0.4, 0.5) is 8.78 Å². The maximum absolute atomic E-state index is 12.2. The molecule has 1 nitrogen and oxygen atoms in total. The van der Waals surface area contributed by atoms with Gasteiger partial charge in [0.25, 0.3) is 5.92 Å². The van der Waals surface area contributed by atoms with Crippen LogP contribution in [-0.2, 0) is 4.74 Å². The Balaban J connectivity index is 3.70. The molecule has 4 heteroatoms. The Hall–Kier alpha value is 0.300. The van der Waals surface area contributed by atoms with E-state index in [4.69, 9.17) is 4.74 Å². The first-order valence-electron chi connectivity index (χ1n) is 3.35. The molecule has 0 rings (SSSR count). The van der Waals surface area contributed by atoms with Crippen molar-refractivity contribution in [1.82, 2.24) is 0 Å². The van der Waals surface area contributed by atoms with Gasteiger partial charge in [0.2, 0.25) is 0 Å². The highest BCUT2D eigenvalue weighted by atomic mass is 79.9. The lowest BCUT2D eigenvalue weighted by Gasteiger charge is -2.24. The van der Waals surface area contributed by atoms with Crippen molar-refractivity contribution in [3.63, 3.8) is 0 Å². The molecule has 0 heterocycles. The molecule has 0 amide bonds. The summed E-state index contributed by atoms with van der Waals surface area (Å²) in [5.74, 6) is -2.74. The number of ether oxygens (including phenoxy) is 1. The Morgan fingerprint density at radius 1 is 1.27 bits per heavy atom. The molecule has 0 aliphatic heterocycles. The van der Waals surface area contributed by atoms with Crippen LogP contribution in [0.5, 0.6) is 0 Å². The van der Waals surface area contributed by atoms with Gasteiger partial charge in [-0.15, -0.1) is 0 Å². The first-order chi connectivity index (χ1) is 4.77. The molecule has 0 atom stereocenters. The fourth-order valence-corrected chi connectivity index (χ4v) is 0.523. The van der Waals surface area contributed by atoms with Gasteiger partial charge in [-0.2, -0.15) is 0 Å². The van der Waals surface area contributed by atoms with Gasteiger partial charge < -0.3 is 4.74 Å². The largest absolute Gasteiger partial charge is 0.368 e. The van der Waals surface area contributed by atoms with Crippen LogP contribution >= 0.6 is 15.9 Å². The van der Waals surface area contributed by atoms with Crippen molar-refractivity contribution >= 4 is 15.9 Å². The van der Waals surface area contributed by atoms with Crippen LogP contribution in [0.15, 0.2) is 0 Å². The van der Waals surface area contributed by atoms with Crippen LogP contribution in [-0.4, -0.2) is 23.5 Å². The fourth-order valence-electron chi connectivity index (χ4n) is 0.361. The molecule has 0 spiro atoms. The summed E-state index contributed by atoms with van der Waals surface area (Å²) in [6.07, 6.45) is 0. The van der Waals surface area contributed by atoms with E-state index >= 15 is 0 Å². The molecule has 0 fully saturated rings. The minimum absolute atomic E-state index is 0.514.